The van der Waals surface area contributed by atoms with Crippen LogP contribution in [0, 0.1) is 0 Å². The van der Waals surface area contributed by atoms with Crippen LogP contribution in [0.4, 0.5) is 17.5 Å². The first-order valence-corrected chi connectivity index (χ1v) is 8.62. The van der Waals surface area contributed by atoms with E-state index in [2.05, 4.69) is 15.3 Å². The molecular formula is C13H14Cl2N4O2S. The molecule has 118 valence electrons. The van der Waals surface area contributed by atoms with Gasteiger partial charge in [0.25, 0.3) is 0 Å². The number of hydrogen-bond donors (Lipinski definition) is 2. The van der Waals surface area contributed by atoms with Crippen molar-refractivity contribution in [2.45, 2.75) is 24.0 Å². The molecule has 2 aromatic rings. The number of para-hydroxylation sites is 1. The van der Waals surface area contributed by atoms with Crippen LogP contribution < -0.4 is 11.1 Å². The standard InChI is InChI=1S/C13H14Cl2N4O2S/c1-7(2)22(20,21)9-6-4-3-5-8(9)17-12-10(14)11(15)18-13(16)19-12/h3-7H,1-2H3,(H3,16,17,18,19). The third kappa shape index (κ3) is 3.26. The molecule has 0 aliphatic carbocycles. The van der Waals surface area contributed by atoms with E-state index in [4.69, 9.17) is 28.9 Å². The van der Waals surface area contributed by atoms with E-state index in [0.29, 0.717) is 5.69 Å². The molecule has 0 fully saturated rings. The second-order valence-corrected chi connectivity index (χ2v) is 7.96. The normalized spacial score (nSPS) is 11.7. The van der Waals surface area contributed by atoms with Gasteiger partial charge < -0.3 is 11.1 Å². The topological polar surface area (TPSA) is 98.0 Å². The average Bonchev–Trinajstić information content (AvgIpc) is 2.44. The summed E-state index contributed by atoms with van der Waals surface area (Å²) in [7, 11) is -3.47. The number of benzene rings is 1. The Labute approximate surface area is 138 Å². The lowest BCUT2D eigenvalue weighted by molar-refractivity contribution is 0.588. The minimum atomic E-state index is -3.47. The Morgan fingerprint density at radius 1 is 1.18 bits per heavy atom. The van der Waals surface area contributed by atoms with Crippen molar-refractivity contribution in [1.82, 2.24) is 9.97 Å². The van der Waals surface area contributed by atoms with Crippen LogP contribution in [-0.4, -0.2) is 23.6 Å². The maximum atomic E-state index is 12.4. The Hall–Kier alpha value is -1.57. The molecule has 3 N–H and O–H groups in total. The number of sulfone groups is 1. The Bertz CT molecular complexity index is 810. The molecule has 2 rings (SSSR count). The predicted molar refractivity (Wildman–Crippen MR) is 88.5 cm³/mol. The molecule has 1 aromatic heterocycles. The number of nitrogen functional groups attached to an aromatic ring is 1. The van der Waals surface area contributed by atoms with Crippen LogP contribution in [0.15, 0.2) is 29.2 Å². The summed E-state index contributed by atoms with van der Waals surface area (Å²) in [6.07, 6.45) is 0. The van der Waals surface area contributed by atoms with Gasteiger partial charge in [-0.25, -0.2) is 8.42 Å². The molecule has 22 heavy (non-hydrogen) atoms. The number of halogens is 2. The molecule has 0 bridgehead atoms. The molecule has 9 heteroatoms. The van der Waals surface area contributed by atoms with Crippen molar-refractivity contribution in [3.05, 3.63) is 34.4 Å². The first-order valence-electron chi connectivity index (χ1n) is 6.32. The van der Waals surface area contributed by atoms with Gasteiger partial charge in [-0.05, 0) is 26.0 Å². The summed E-state index contributed by atoms with van der Waals surface area (Å²) in [6, 6.07) is 6.46. The Morgan fingerprint density at radius 2 is 1.82 bits per heavy atom. The zero-order chi connectivity index (χ0) is 16.5. The Balaban J connectivity index is 2.53. The summed E-state index contributed by atoms with van der Waals surface area (Å²) in [5.74, 6) is 0.0756. The molecule has 0 aliphatic rings. The van der Waals surface area contributed by atoms with Crippen molar-refractivity contribution in [3.63, 3.8) is 0 Å². The number of nitrogens with one attached hydrogen (secondary N) is 1. The fraction of sp³-hybridized carbons (Fsp3) is 0.231. The van der Waals surface area contributed by atoms with Gasteiger partial charge in [0.1, 0.15) is 5.02 Å². The molecule has 0 saturated carbocycles. The first-order chi connectivity index (χ1) is 10.2. The number of rotatable bonds is 4. The van der Waals surface area contributed by atoms with Gasteiger partial charge in [-0.3, -0.25) is 0 Å². The van der Waals surface area contributed by atoms with Gasteiger partial charge in [0.15, 0.2) is 20.8 Å². The zero-order valence-corrected chi connectivity index (χ0v) is 14.2. The highest BCUT2D eigenvalue weighted by atomic mass is 35.5. The average molecular weight is 361 g/mol. The lowest BCUT2D eigenvalue weighted by atomic mass is 10.3. The number of nitrogens with zero attached hydrogens (tertiary/aromatic N) is 2. The summed E-state index contributed by atoms with van der Waals surface area (Å²) < 4.78 is 24.8. The first kappa shape index (κ1) is 16.8. The molecule has 6 nitrogen and oxygen atoms in total. The summed E-state index contributed by atoms with van der Waals surface area (Å²) in [6.45, 7) is 3.22. The number of aromatic nitrogens is 2. The largest absolute Gasteiger partial charge is 0.368 e. The molecule has 0 radical (unpaired) electrons. The summed E-state index contributed by atoms with van der Waals surface area (Å²) >= 11 is 11.9. The third-order valence-corrected chi connectivity index (χ3v) is 5.83. The van der Waals surface area contributed by atoms with E-state index in [9.17, 15) is 8.42 Å². The van der Waals surface area contributed by atoms with Crippen LogP contribution in [-0.2, 0) is 9.84 Å². The van der Waals surface area contributed by atoms with E-state index in [0.717, 1.165) is 0 Å². The van der Waals surface area contributed by atoms with Crippen molar-refractivity contribution in [1.29, 1.82) is 0 Å². The number of hydrogen-bond acceptors (Lipinski definition) is 6. The fourth-order valence-corrected chi connectivity index (χ4v) is 3.23. The van der Waals surface area contributed by atoms with Crippen LogP contribution in [0.1, 0.15) is 13.8 Å². The van der Waals surface area contributed by atoms with E-state index >= 15 is 0 Å². The summed E-state index contributed by atoms with van der Waals surface area (Å²) in [5, 5.41) is 2.34. The molecule has 0 amide bonds. The van der Waals surface area contributed by atoms with Crippen LogP contribution in [0.2, 0.25) is 10.2 Å². The maximum absolute atomic E-state index is 12.4. The van der Waals surface area contributed by atoms with Crippen molar-refractivity contribution < 1.29 is 8.42 Å². The minimum Gasteiger partial charge on any atom is -0.368 e. The van der Waals surface area contributed by atoms with E-state index in [1.165, 1.54) is 6.07 Å². The van der Waals surface area contributed by atoms with E-state index in [1.807, 2.05) is 0 Å². The van der Waals surface area contributed by atoms with E-state index in [1.54, 1.807) is 32.0 Å². The smallest absolute Gasteiger partial charge is 0.223 e. The van der Waals surface area contributed by atoms with Gasteiger partial charge >= 0.3 is 0 Å². The van der Waals surface area contributed by atoms with Gasteiger partial charge in [0.2, 0.25) is 5.95 Å². The van der Waals surface area contributed by atoms with Crippen molar-refractivity contribution in [2.24, 2.45) is 0 Å². The minimum absolute atomic E-state index is 0.0131. The molecule has 0 spiro atoms. The Kier molecular flexibility index (Phi) is 4.79. The van der Waals surface area contributed by atoms with Gasteiger partial charge in [-0.2, -0.15) is 9.97 Å². The molecule has 1 aromatic carbocycles. The van der Waals surface area contributed by atoms with Crippen molar-refractivity contribution in [3.8, 4) is 0 Å². The molecule has 1 heterocycles. The quantitative estimate of drug-likeness (QED) is 0.811. The lowest BCUT2D eigenvalue weighted by Gasteiger charge is -2.15. The maximum Gasteiger partial charge on any atom is 0.223 e. The van der Waals surface area contributed by atoms with Crippen LogP contribution >= 0.6 is 23.2 Å². The van der Waals surface area contributed by atoms with Gasteiger partial charge in [-0.1, -0.05) is 35.3 Å². The molecule has 0 unspecified atom stereocenters. The summed E-state index contributed by atoms with van der Waals surface area (Å²) in [4.78, 5) is 7.81. The van der Waals surface area contributed by atoms with Crippen molar-refractivity contribution >= 4 is 50.5 Å². The number of nitrogens with two attached hydrogens (primary N) is 1. The van der Waals surface area contributed by atoms with Crippen LogP contribution in [0.5, 0.6) is 0 Å². The predicted octanol–water partition coefficient (Wildman–Crippen LogP) is 3.29. The van der Waals surface area contributed by atoms with E-state index < -0.39 is 15.1 Å². The van der Waals surface area contributed by atoms with Gasteiger partial charge in [-0.15, -0.1) is 0 Å². The highest BCUT2D eigenvalue weighted by Crippen LogP contribution is 2.32. The molecular weight excluding hydrogens is 347 g/mol. The summed E-state index contributed by atoms with van der Waals surface area (Å²) in [5.41, 5.74) is 5.87. The van der Waals surface area contributed by atoms with Gasteiger partial charge in [0.05, 0.1) is 15.8 Å². The highest BCUT2D eigenvalue weighted by Gasteiger charge is 2.23. The Morgan fingerprint density at radius 3 is 2.45 bits per heavy atom. The van der Waals surface area contributed by atoms with E-state index in [-0.39, 0.29) is 26.8 Å². The second-order valence-electron chi connectivity index (χ2n) is 4.75. The molecule has 0 aliphatic heterocycles. The second kappa shape index (κ2) is 6.28. The monoisotopic (exact) mass is 360 g/mol. The van der Waals surface area contributed by atoms with Crippen LogP contribution in [0.3, 0.4) is 0 Å². The van der Waals surface area contributed by atoms with Crippen LogP contribution in [0.25, 0.3) is 0 Å². The highest BCUT2D eigenvalue weighted by molar-refractivity contribution is 7.92. The van der Waals surface area contributed by atoms with Crippen molar-refractivity contribution in [2.75, 3.05) is 11.1 Å². The fourth-order valence-electron chi connectivity index (χ4n) is 1.72. The molecule has 0 atom stereocenters. The number of anilines is 3. The SMILES string of the molecule is CC(C)S(=O)(=O)c1ccccc1Nc1nc(N)nc(Cl)c1Cl. The van der Waals surface area contributed by atoms with Gasteiger partial charge in [0, 0.05) is 0 Å². The third-order valence-electron chi connectivity index (χ3n) is 2.90. The molecule has 0 saturated heterocycles. The zero-order valence-electron chi connectivity index (χ0n) is 11.8. The lowest BCUT2D eigenvalue weighted by Crippen LogP contribution is -2.15.